The van der Waals surface area contributed by atoms with Crippen LogP contribution in [0.2, 0.25) is 0 Å². The molecule has 2 unspecified atom stereocenters. The van der Waals surface area contributed by atoms with Gasteiger partial charge in [0.1, 0.15) is 18.3 Å². The van der Waals surface area contributed by atoms with Crippen LogP contribution in [0.4, 0.5) is 5.69 Å². The van der Waals surface area contributed by atoms with Crippen molar-refractivity contribution in [2.24, 2.45) is 0 Å². The second-order valence-electron chi connectivity index (χ2n) is 8.87. The van der Waals surface area contributed by atoms with E-state index in [4.69, 9.17) is 4.74 Å². The molecule has 1 N–H and O–H groups in total. The normalized spacial score (nSPS) is 13.0. The summed E-state index contributed by atoms with van der Waals surface area (Å²) in [4.78, 5) is 28.0. The molecular formula is C26H37N3O5S. The molecule has 0 spiro atoms. The minimum absolute atomic E-state index is 0.0509. The number of hydrogen-bond acceptors (Lipinski definition) is 5. The van der Waals surface area contributed by atoms with Gasteiger partial charge in [0, 0.05) is 12.6 Å². The van der Waals surface area contributed by atoms with Crippen LogP contribution < -0.4 is 14.4 Å². The van der Waals surface area contributed by atoms with Crippen molar-refractivity contribution >= 4 is 27.5 Å². The van der Waals surface area contributed by atoms with Crippen LogP contribution in [0.3, 0.4) is 0 Å². The van der Waals surface area contributed by atoms with E-state index < -0.39 is 28.5 Å². The van der Waals surface area contributed by atoms with Crippen LogP contribution in [-0.2, 0) is 26.2 Å². The zero-order valence-electron chi connectivity index (χ0n) is 21.7. The highest BCUT2D eigenvalue weighted by molar-refractivity contribution is 7.92. The lowest BCUT2D eigenvalue weighted by Crippen LogP contribution is -2.52. The van der Waals surface area contributed by atoms with Crippen molar-refractivity contribution in [2.75, 3.05) is 24.2 Å². The molecule has 0 radical (unpaired) electrons. The number of nitrogens with zero attached hydrogens (tertiary/aromatic N) is 2. The van der Waals surface area contributed by atoms with Crippen LogP contribution in [0.1, 0.15) is 43.9 Å². The molecule has 0 saturated carbocycles. The molecular weight excluding hydrogens is 466 g/mol. The monoisotopic (exact) mass is 503 g/mol. The quantitative estimate of drug-likeness (QED) is 0.507. The molecule has 35 heavy (non-hydrogen) atoms. The number of benzene rings is 2. The number of nitrogens with one attached hydrogen (secondary N) is 1. The Morgan fingerprint density at radius 1 is 1.03 bits per heavy atom. The molecule has 192 valence electrons. The Kier molecular flexibility index (Phi) is 9.71. The van der Waals surface area contributed by atoms with Gasteiger partial charge in [0.2, 0.25) is 21.8 Å². The van der Waals surface area contributed by atoms with Crippen molar-refractivity contribution in [2.45, 2.75) is 59.7 Å². The minimum atomic E-state index is -3.77. The van der Waals surface area contributed by atoms with Crippen molar-refractivity contribution in [1.82, 2.24) is 10.2 Å². The maximum absolute atomic E-state index is 13.6. The summed E-state index contributed by atoms with van der Waals surface area (Å²) in [6.07, 6.45) is 1.83. The van der Waals surface area contributed by atoms with Crippen LogP contribution in [0, 0.1) is 13.8 Å². The fourth-order valence-corrected chi connectivity index (χ4v) is 4.72. The summed E-state index contributed by atoms with van der Waals surface area (Å²) < 4.78 is 31.9. The molecule has 0 aliphatic rings. The van der Waals surface area contributed by atoms with Gasteiger partial charge in [0.05, 0.1) is 19.1 Å². The van der Waals surface area contributed by atoms with Crippen molar-refractivity contribution in [3.63, 3.8) is 0 Å². The molecule has 9 heteroatoms. The molecule has 2 aromatic rings. The molecule has 0 aromatic heterocycles. The molecule has 0 saturated heterocycles. The lowest BCUT2D eigenvalue weighted by molar-refractivity contribution is -0.139. The van der Waals surface area contributed by atoms with Gasteiger partial charge >= 0.3 is 0 Å². The van der Waals surface area contributed by atoms with Crippen LogP contribution >= 0.6 is 0 Å². The highest BCUT2D eigenvalue weighted by atomic mass is 32.2. The standard InChI is InChI=1S/C26H37N3O5S/c1-8-20(4)27-26(31)21(5)28(16-22-12-14-23(34-6)15-13-22)24(30)17-29(35(7,32)33)25-18(2)10-9-11-19(25)3/h9-15,20-21H,8,16-17H2,1-7H3,(H,27,31). The fourth-order valence-electron chi connectivity index (χ4n) is 3.75. The Balaban J connectivity index is 2.43. The number of aryl methyl sites for hydroxylation is 2. The van der Waals surface area contributed by atoms with Gasteiger partial charge in [-0.2, -0.15) is 0 Å². The molecule has 0 fully saturated rings. The third kappa shape index (κ3) is 7.45. The van der Waals surface area contributed by atoms with Crippen molar-refractivity contribution in [3.8, 4) is 5.75 Å². The summed E-state index contributed by atoms with van der Waals surface area (Å²) in [5.74, 6) is -0.0904. The van der Waals surface area contributed by atoms with E-state index in [-0.39, 0.29) is 18.5 Å². The zero-order chi connectivity index (χ0) is 26.3. The van der Waals surface area contributed by atoms with Gasteiger partial charge in [0.25, 0.3) is 0 Å². The molecule has 8 nitrogen and oxygen atoms in total. The van der Waals surface area contributed by atoms with Crippen LogP contribution in [0.15, 0.2) is 42.5 Å². The number of hydrogen-bond donors (Lipinski definition) is 1. The highest BCUT2D eigenvalue weighted by Crippen LogP contribution is 2.27. The number of anilines is 1. The third-order valence-electron chi connectivity index (χ3n) is 6.05. The van der Waals surface area contributed by atoms with E-state index in [2.05, 4.69) is 5.32 Å². The average Bonchev–Trinajstić information content (AvgIpc) is 2.80. The number of methoxy groups -OCH3 is 1. The van der Waals surface area contributed by atoms with E-state index in [0.717, 1.165) is 33.7 Å². The van der Waals surface area contributed by atoms with Crippen LogP contribution in [-0.4, -0.2) is 57.1 Å². The number of carbonyl (C=O) groups excluding carboxylic acids is 2. The van der Waals surface area contributed by atoms with Gasteiger partial charge in [-0.3, -0.25) is 13.9 Å². The topological polar surface area (TPSA) is 96.0 Å². The van der Waals surface area contributed by atoms with Gasteiger partial charge in [-0.25, -0.2) is 8.42 Å². The first kappa shape index (κ1) is 28.2. The molecule has 0 aliphatic heterocycles. The Morgan fingerprint density at radius 3 is 2.09 bits per heavy atom. The number of ether oxygens (including phenoxy) is 1. The van der Waals surface area contributed by atoms with Crippen molar-refractivity contribution in [3.05, 3.63) is 59.2 Å². The molecule has 2 amide bonds. The molecule has 0 bridgehead atoms. The van der Waals surface area contributed by atoms with E-state index in [1.165, 1.54) is 4.90 Å². The van der Waals surface area contributed by atoms with E-state index in [9.17, 15) is 18.0 Å². The first-order valence-corrected chi connectivity index (χ1v) is 13.5. The first-order chi connectivity index (χ1) is 16.4. The summed E-state index contributed by atoms with van der Waals surface area (Å²) in [5, 5.41) is 2.92. The van der Waals surface area contributed by atoms with Gasteiger partial charge < -0.3 is 15.0 Å². The Bertz CT molecular complexity index is 1110. The van der Waals surface area contributed by atoms with Gasteiger partial charge in [-0.05, 0) is 62.9 Å². The fraction of sp³-hybridized carbons (Fsp3) is 0.462. The van der Waals surface area contributed by atoms with E-state index >= 15 is 0 Å². The van der Waals surface area contributed by atoms with Crippen molar-refractivity contribution in [1.29, 1.82) is 0 Å². The summed E-state index contributed by atoms with van der Waals surface area (Å²) in [7, 11) is -2.20. The largest absolute Gasteiger partial charge is 0.497 e. The Morgan fingerprint density at radius 2 is 1.60 bits per heavy atom. The second-order valence-corrected chi connectivity index (χ2v) is 10.8. The van der Waals surface area contributed by atoms with Gasteiger partial charge in [-0.15, -0.1) is 0 Å². The SMILES string of the molecule is CCC(C)NC(=O)C(C)N(Cc1ccc(OC)cc1)C(=O)CN(c1c(C)cccc1C)S(C)(=O)=O. The Hall–Kier alpha value is -3.07. The summed E-state index contributed by atoms with van der Waals surface area (Å²) >= 11 is 0. The third-order valence-corrected chi connectivity index (χ3v) is 7.16. The summed E-state index contributed by atoms with van der Waals surface area (Å²) in [5.41, 5.74) is 2.75. The maximum Gasteiger partial charge on any atom is 0.244 e. The zero-order valence-corrected chi connectivity index (χ0v) is 22.5. The number of amides is 2. The Labute approximate surface area is 209 Å². The summed E-state index contributed by atoms with van der Waals surface area (Å²) in [6.45, 7) is 8.86. The van der Waals surface area contributed by atoms with E-state index in [1.54, 1.807) is 26.2 Å². The average molecular weight is 504 g/mol. The van der Waals surface area contributed by atoms with Crippen LogP contribution in [0.5, 0.6) is 5.75 Å². The second kappa shape index (κ2) is 12.1. The maximum atomic E-state index is 13.6. The first-order valence-electron chi connectivity index (χ1n) is 11.7. The highest BCUT2D eigenvalue weighted by Gasteiger charge is 2.31. The minimum Gasteiger partial charge on any atom is -0.497 e. The van der Waals surface area contributed by atoms with E-state index in [1.807, 2.05) is 58.0 Å². The number of rotatable bonds is 11. The van der Waals surface area contributed by atoms with Crippen LogP contribution in [0.25, 0.3) is 0 Å². The van der Waals surface area contributed by atoms with E-state index in [0.29, 0.717) is 11.4 Å². The lowest BCUT2D eigenvalue weighted by Gasteiger charge is -2.32. The number of sulfonamides is 1. The molecule has 0 aliphatic carbocycles. The summed E-state index contributed by atoms with van der Waals surface area (Å²) in [6, 6.07) is 11.8. The molecule has 2 aromatic carbocycles. The predicted octanol–water partition coefficient (Wildman–Crippen LogP) is 3.41. The molecule has 2 atom stereocenters. The number of para-hydroxylation sites is 1. The molecule has 2 rings (SSSR count). The smallest absolute Gasteiger partial charge is 0.244 e. The number of carbonyl (C=O) groups is 2. The van der Waals surface area contributed by atoms with Gasteiger partial charge in [0.15, 0.2) is 0 Å². The predicted molar refractivity (Wildman–Crippen MR) is 139 cm³/mol. The lowest BCUT2D eigenvalue weighted by atomic mass is 10.1. The van der Waals surface area contributed by atoms with Crippen molar-refractivity contribution < 1.29 is 22.7 Å². The molecule has 0 heterocycles. The van der Waals surface area contributed by atoms with Gasteiger partial charge in [-0.1, -0.05) is 37.3 Å².